The molecule has 1 rings (SSSR count). The van der Waals surface area contributed by atoms with E-state index >= 15 is 0 Å². The Morgan fingerprint density at radius 3 is 2.62 bits per heavy atom. The van der Waals surface area contributed by atoms with E-state index < -0.39 is 11.9 Å². The average Bonchev–Trinajstić information content (AvgIpc) is 2.02. The molecule has 0 aromatic heterocycles. The Morgan fingerprint density at radius 2 is 2.15 bits per heavy atom. The molecule has 0 aliphatic rings. The highest BCUT2D eigenvalue weighted by molar-refractivity contribution is 9.10. The van der Waals surface area contributed by atoms with Gasteiger partial charge in [-0.25, -0.2) is 4.39 Å². The molecule has 0 spiro atoms. The number of hydrogen-bond donors (Lipinski definition) is 1. The molecule has 1 N–H and O–H groups in total. The molecule has 4 heteroatoms. The molecule has 13 heavy (non-hydrogen) atoms. The van der Waals surface area contributed by atoms with E-state index in [0.717, 1.165) is 0 Å². The molecule has 0 aliphatic heterocycles. The van der Waals surface area contributed by atoms with Crippen molar-refractivity contribution < 1.29 is 14.2 Å². The lowest BCUT2D eigenvalue weighted by atomic mass is 10.1. The van der Waals surface area contributed by atoms with Gasteiger partial charge in [0.15, 0.2) is 11.6 Å². The van der Waals surface area contributed by atoms with Crippen molar-refractivity contribution in [1.29, 1.82) is 0 Å². The molecule has 0 saturated heterocycles. The Hall–Kier alpha value is -0.610. The molecule has 0 amide bonds. The van der Waals surface area contributed by atoms with Crippen LogP contribution in [-0.2, 0) is 0 Å². The second-order valence-corrected chi connectivity index (χ2v) is 3.60. The zero-order valence-electron chi connectivity index (χ0n) is 7.34. The number of benzene rings is 1. The van der Waals surface area contributed by atoms with Crippen molar-refractivity contribution >= 4 is 15.9 Å². The third kappa shape index (κ3) is 2.19. The lowest BCUT2D eigenvalue weighted by Crippen LogP contribution is -1.99. The van der Waals surface area contributed by atoms with Gasteiger partial charge in [-0.15, -0.1) is 0 Å². The molecule has 1 atom stereocenters. The van der Waals surface area contributed by atoms with Crippen LogP contribution in [0.3, 0.4) is 0 Å². The molecule has 0 unspecified atom stereocenters. The van der Waals surface area contributed by atoms with Gasteiger partial charge in [-0.2, -0.15) is 0 Å². The van der Waals surface area contributed by atoms with Crippen molar-refractivity contribution in [2.45, 2.75) is 13.0 Å². The van der Waals surface area contributed by atoms with E-state index in [1.807, 2.05) is 0 Å². The summed E-state index contributed by atoms with van der Waals surface area (Å²) in [5.41, 5.74) is 0.439. The van der Waals surface area contributed by atoms with Crippen LogP contribution in [0.2, 0.25) is 0 Å². The largest absolute Gasteiger partial charge is 0.493 e. The number of aliphatic hydroxyl groups excluding tert-OH is 1. The molecule has 0 fully saturated rings. The Morgan fingerprint density at radius 1 is 1.54 bits per heavy atom. The Kier molecular flexibility index (Phi) is 3.27. The van der Waals surface area contributed by atoms with E-state index in [1.165, 1.54) is 13.2 Å². The van der Waals surface area contributed by atoms with Crippen LogP contribution in [0.25, 0.3) is 0 Å². The van der Waals surface area contributed by atoms with E-state index in [0.29, 0.717) is 10.0 Å². The summed E-state index contributed by atoms with van der Waals surface area (Å²) in [4.78, 5) is 0. The van der Waals surface area contributed by atoms with Gasteiger partial charge in [-0.05, 0) is 19.1 Å². The summed E-state index contributed by atoms with van der Waals surface area (Å²) < 4.78 is 18.6. The number of halogens is 2. The van der Waals surface area contributed by atoms with E-state index in [9.17, 15) is 9.50 Å². The van der Waals surface area contributed by atoms with E-state index in [1.54, 1.807) is 13.0 Å². The monoisotopic (exact) mass is 248 g/mol. The molecular formula is C9H10BrFO2. The second-order valence-electron chi connectivity index (χ2n) is 2.69. The lowest BCUT2D eigenvalue weighted by Gasteiger charge is -2.11. The van der Waals surface area contributed by atoms with Gasteiger partial charge in [0.2, 0.25) is 0 Å². The van der Waals surface area contributed by atoms with Crippen molar-refractivity contribution in [2.75, 3.05) is 7.11 Å². The number of aliphatic hydroxyl groups is 1. The number of methoxy groups -OCH3 is 1. The van der Waals surface area contributed by atoms with Gasteiger partial charge in [0, 0.05) is 10.0 Å². The fourth-order valence-corrected chi connectivity index (χ4v) is 1.55. The van der Waals surface area contributed by atoms with Crippen LogP contribution in [0, 0.1) is 5.82 Å². The zero-order valence-corrected chi connectivity index (χ0v) is 8.93. The molecule has 0 aliphatic carbocycles. The van der Waals surface area contributed by atoms with E-state index in [-0.39, 0.29) is 5.75 Å². The van der Waals surface area contributed by atoms with Crippen molar-refractivity contribution in [1.82, 2.24) is 0 Å². The van der Waals surface area contributed by atoms with Crippen LogP contribution < -0.4 is 4.74 Å². The highest BCUT2D eigenvalue weighted by atomic mass is 79.9. The van der Waals surface area contributed by atoms with Gasteiger partial charge in [0.05, 0.1) is 13.2 Å². The van der Waals surface area contributed by atoms with Crippen LogP contribution in [0.5, 0.6) is 5.75 Å². The van der Waals surface area contributed by atoms with Crippen molar-refractivity contribution in [3.8, 4) is 5.75 Å². The Bertz CT molecular complexity index is 313. The SMILES string of the molecule is COc1c(F)cc(Br)cc1[C@@H](C)O. The summed E-state index contributed by atoms with van der Waals surface area (Å²) in [5.74, 6) is -0.383. The smallest absolute Gasteiger partial charge is 0.166 e. The molecule has 1 aromatic carbocycles. The molecular weight excluding hydrogens is 239 g/mol. The van der Waals surface area contributed by atoms with Crippen LogP contribution in [0.15, 0.2) is 16.6 Å². The maximum atomic E-state index is 13.2. The summed E-state index contributed by atoms with van der Waals surface area (Å²) in [7, 11) is 1.37. The van der Waals surface area contributed by atoms with E-state index in [2.05, 4.69) is 15.9 Å². The predicted octanol–water partition coefficient (Wildman–Crippen LogP) is 2.65. The van der Waals surface area contributed by atoms with Gasteiger partial charge in [-0.1, -0.05) is 15.9 Å². The summed E-state index contributed by atoms with van der Waals surface area (Å²) >= 11 is 3.14. The molecule has 0 radical (unpaired) electrons. The van der Waals surface area contributed by atoms with Gasteiger partial charge in [0.25, 0.3) is 0 Å². The molecule has 0 bridgehead atoms. The quantitative estimate of drug-likeness (QED) is 0.873. The second kappa shape index (κ2) is 4.07. The van der Waals surface area contributed by atoms with Gasteiger partial charge >= 0.3 is 0 Å². The maximum absolute atomic E-state index is 13.2. The minimum absolute atomic E-state index is 0.0956. The van der Waals surface area contributed by atoms with Crippen LogP contribution in [0.1, 0.15) is 18.6 Å². The van der Waals surface area contributed by atoms with Crippen molar-refractivity contribution in [2.24, 2.45) is 0 Å². The van der Waals surface area contributed by atoms with Crippen LogP contribution in [-0.4, -0.2) is 12.2 Å². The number of ether oxygens (including phenoxy) is 1. The Labute approximate surface area is 84.5 Å². The minimum Gasteiger partial charge on any atom is -0.493 e. The first kappa shape index (κ1) is 10.5. The minimum atomic E-state index is -0.748. The third-order valence-electron chi connectivity index (χ3n) is 1.69. The molecule has 0 heterocycles. The third-order valence-corrected chi connectivity index (χ3v) is 2.15. The van der Waals surface area contributed by atoms with Crippen LogP contribution >= 0.6 is 15.9 Å². The van der Waals surface area contributed by atoms with Crippen molar-refractivity contribution in [3.63, 3.8) is 0 Å². The zero-order chi connectivity index (χ0) is 10.0. The summed E-state index contributed by atoms with van der Waals surface area (Å²) in [6.45, 7) is 1.56. The normalized spacial score (nSPS) is 12.7. The van der Waals surface area contributed by atoms with Crippen molar-refractivity contribution in [3.05, 3.63) is 28.0 Å². The van der Waals surface area contributed by atoms with E-state index in [4.69, 9.17) is 4.74 Å². The highest BCUT2D eigenvalue weighted by Crippen LogP contribution is 2.31. The standard InChI is InChI=1S/C9H10BrFO2/c1-5(12)7-3-6(10)4-8(11)9(7)13-2/h3-5,12H,1-2H3/t5-/m1/s1. The summed E-state index contributed by atoms with van der Waals surface area (Å²) in [5, 5.41) is 9.32. The molecule has 2 nitrogen and oxygen atoms in total. The fraction of sp³-hybridized carbons (Fsp3) is 0.333. The lowest BCUT2D eigenvalue weighted by molar-refractivity contribution is 0.193. The first-order valence-corrected chi connectivity index (χ1v) is 4.56. The average molecular weight is 249 g/mol. The number of rotatable bonds is 2. The fourth-order valence-electron chi connectivity index (χ4n) is 1.11. The number of hydrogen-bond acceptors (Lipinski definition) is 2. The topological polar surface area (TPSA) is 29.5 Å². The predicted molar refractivity (Wildman–Crippen MR) is 51.3 cm³/mol. The molecule has 0 saturated carbocycles. The Balaban J connectivity index is 3.29. The molecule has 72 valence electrons. The first-order chi connectivity index (χ1) is 6.06. The van der Waals surface area contributed by atoms with Gasteiger partial charge in [-0.3, -0.25) is 0 Å². The maximum Gasteiger partial charge on any atom is 0.166 e. The van der Waals surface area contributed by atoms with Gasteiger partial charge < -0.3 is 9.84 Å². The highest BCUT2D eigenvalue weighted by Gasteiger charge is 2.14. The summed E-state index contributed by atoms with van der Waals surface area (Å²) in [6.07, 6.45) is -0.748. The first-order valence-electron chi connectivity index (χ1n) is 3.77. The van der Waals surface area contributed by atoms with Crippen LogP contribution in [0.4, 0.5) is 4.39 Å². The summed E-state index contributed by atoms with van der Waals surface area (Å²) in [6, 6.07) is 2.93. The molecule has 1 aromatic rings. The van der Waals surface area contributed by atoms with Gasteiger partial charge in [0.1, 0.15) is 0 Å².